The van der Waals surface area contributed by atoms with Crippen LogP contribution in [0.15, 0.2) is 0 Å². The van der Waals surface area contributed by atoms with Crippen LogP contribution in [0.2, 0.25) is 0 Å². The van der Waals surface area contributed by atoms with Crippen molar-refractivity contribution in [2.45, 2.75) is 71.1 Å². The predicted octanol–water partition coefficient (Wildman–Crippen LogP) is 1.95. The van der Waals surface area contributed by atoms with Gasteiger partial charge in [0.15, 0.2) is 0 Å². The topological polar surface area (TPSA) is 49.8 Å². The summed E-state index contributed by atoms with van der Waals surface area (Å²) in [4.78, 5) is 13.7. The first kappa shape index (κ1) is 15.4. The first-order valence-corrected chi connectivity index (χ1v) is 7.10. The van der Waals surface area contributed by atoms with Crippen molar-refractivity contribution in [3.05, 3.63) is 0 Å². The molecule has 0 bridgehead atoms. The number of hydrogen-bond donors (Lipinski definition) is 1. The van der Waals surface area contributed by atoms with Crippen LogP contribution in [0.5, 0.6) is 0 Å². The average Bonchev–Trinajstić information content (AvgIpc) is 2.34. The van der Waals surface area contributed by atoms with Crippen LogP contribution in [0.3, 0.4) is 0 Å². The molecule has 1 fully saturated rings. The van der Waals surface area contributed by atoms with Crippen LogP contribution in [0.4, 0.5) is 0 Å². The number of carbonyl (C=O) groups is 1. The smallest absolute Gasteiger partial charge is 0.248 e. The summed E-state index contributed by atoms with van der Waals surface area (Å²) < 4.78 is 5.68. The molecule has 4 heteroatoms. The number of nitrogens with zero attached hydrogens (tertiary/aromatic N) is 1. The van der Waals surface area contributed by atoms with Gasteiger partial charge in [0.1, 0.15) is 6.61 Å². The summed E-state index contributed by atoms with van der Waals surface area (Å²) in [6, 6.07) is 0.0991. The van der Waals surface area contributed by atoms with Crippen molar-refractivity contribution >= 4 is 5.91 Å². The summed E-state index contributed by atoms with van der Waals surface area (Å²) in [5.41, 5.74) is 0. The highest BCUT2D eigenvalue weighted by Crippen LogP contribution is 2.20. The van der Waals surface area contributed by atoms with E-state index in [9.17, 15) is 9.90 Å². The second kappa shape index (κ2) is 7.74. The minimum atomic E-state index is -0.494. The number of aliphatic hydroxyl groups is 1. The van der Waals surface area contributed by atoms with E-state index in [4.69, 9.17) is 4.74 Å². The van der Waals surface area contributed by atoms with Crippen LogP contribution in [-0.4, -0.2) is 47.3 Å². The number of ether oxygens (including phenoxy) is 1. The third-order valence-electron chi connectivity index (χ3n) is 3.40. The van der Waals surface area contributed by atoms with E-state index in [-0.39, 0.29) is 24.7 Å². The predicted molar refractivity (Wildman–Crippen MR) is 71.4 cm³/mol. The van der Waals surface area contributed by atoms with Crippen LogP contribution in [0.1, 0.15) is 52.9 Å². The van der Waals surface area contributed by atoms with Gasteiger partial charge in [-0.2, -0.15) is 0 Å². The van der Waals surface area contributed by atoms with Gasteiger partial charge in [-0.1, -0.05) is 19.3 Å². The molecule has 1 atom stereocenters. The Bertz CT molecular complexity index is 247. The lowest BCUT2D eigenvalue weighted by molar-refractivity contribution is -0.142. The Kier molecular flexibility index (Phi) is 6.65. The van der Waals surface area contributed by atoms with E-state index in [1.807, 2.05) is 13.8 Å². The summed E-state index contributed by atoms with van der Waals surface area (Å²) in [7, 11) is 0. The van der Waals surface area contributed by atoms with Gasteiger partial charge in [0.25, 0.3) is 0 Å². The number of carbonyl (C=O) groups excluding carboxylic acids is 1. The number of amides is 1. The van der Waals surface area contributed by atoms with Crippen LogP contribution < -0.4 is 0 Å². The Hall–Kier alpha value is -0.610. The Labute approximate surface area is 110 Å². The standard InChI is InChI=1S/C14H27NO3/c1-11(2)15(9-12(3)16)14(17)10-18-13-7-5-4-6-8-13/h11-13,16H,4-10H2,1-3H3. The van der Waals surface area contributed by atoms with Gasteiger partial charge < -0.3 is 14.7 Å². The highest BCUT2D eigenvalue weighted by molar-refractivity contribution is 5.77. The van der Waals surface area contributed by atoms with E-state index in [0.717, 1.165) is 12.8 Å². The van der Waals surface area contributed by atoms with Crippen molar-refractivity contribution in [1.29, 1.82) is 0 Å². The molecule has 1 saturated carbocycles. The maximum atomic E-state index is 12.1. The van der Waals surface area contributed by atoms with Crippen molar-refractivity contribution in [3.63, 3.8) is 0 Å². The molecule has 1 amide bonds. The molecule has 1 aliphatic rings. The fourth-order valence-corrected chi connectivity index (χ4v) is 2.39. The van der Waals surface area contributed by atoms with Gasteiger partial charge in [-0.3, -0.25) is 4.79 Å². The molecule has 0 aromatic carbocycles. The second-order valence-electron chi connectivity index (χ2n) is 5.56. The van der Waals surface area contributed by atoms with Gasteiger partial charge >= 0.3 is 0 Å². The monoisotopic (exact) mass is 257 g/mol. The zero-order valence-corrected chi connectivity index (χ0v) is 11.9. The minimum absolute atomic E-state index is 0.0172. The van der Waals surface area contributed by atoms with Gasteiger partial charge in [0, 0.05) is 12.6 Å². The largest absolute Gasteiger partial charge is 0.392 e. The Morgan fingerprint density at radius 2 is 1.89 bits per heavy atom. The molecule has 0 aromatic heterocycles. The molecular weight excluding hydrogens is 230 g/mol. The van der Waals surface area contributed by atoms with Gasteiger partial charge in [-0.25, -0.2) is 0 Å². The molecule has 0 radical (unpaired) electrons. The Balaban J connectivity index is 2.35. The van der Waals surface area contributed by atoms with E-state index in [0.29, 0.717) is 6.54 Å². The van der Waals surface area contributed by atoms with Crippen molar-refractivity contribution in [2.24, 2.45) is 0 Å². The fraction of sp³-hybridized carbons (Fsp3) is 0.929. The molecule has 1 N–H and O–H groups in total. The van der Waals surface area contributed by atoms with Gasteiger partial charge in [-0.15, -0.1) is 0 Å². The van der Waals surface area contributed by atoms with Crippen LogP contribution in [0.25, 0.3) is 0 Å². The van der Waals surface area contributed by atoms with Crippen molar-refractivity contribution in [2.75, 3.05) is 13.2 Å². The number of hydrogen-bond acceptors (Lipinski definition) is 3. The lowest BCUT2D eigenvalue weighted by Gasteiger charge is -2.29. The van der Waals surface area contributed by atoms with Crippen LogP contribution in [0, 0.1) is 0 Å². The minimum Gasteiger partial charge on any atom is -0.392 e. The Morgan fingerprint density at radius 3 is 2.39 bits per heavy atom. The van der Waals surface area contributed by atoms with Crippen LogP contribution in [-0.2, 0) is 9.53 Å². The van der Waals surface area contributed by atoms with E-state index < -0.39 is 6.10 Å². The summed E-state index contributed by atoms with van der Waals surface area (Å²) in [6.45, 7) is 6.15. The fourth-order valence-electron chi connectivity index (χ4n) is 2.39. The summed E-state index contributed by atoms with van der Waals surface area (Å²) in [5.74, 6) is -0.0172. The molecule has 106 valence electrons. The van der Waals surface area contributed by atoms with E-state index in [1.54, 1.807) is 11.8 Å². The maximum Gasteiger partial charge on any atom is 0.248 e. The Morgan fingerprint density at radius 1 is 1.28 bits per heavy atom. The average molecular weight is 257 g/mol. The third kappa shape index (κ3) is 5.36. The molecule has 4 nitrogen and oxygen atoms in total. The molecule has 1 aliphatic carbocycles. The molecule has 0 saturated heterocycles. The molecule has 18 heavy (non-hydrogen) atoms. The van der Waals surface area contributed by atoms with E-state index in [2.05, 4.69) is 0 Å². The summed E-state index contributed by atoms with van der Waals surface area (Å²) >= 11 is 0. The van der Waals surface area contributed by atoms with Gasteiger partial charge in [-0.05, 0) is 33.6 Å². The summed E-state index contributed by atoms with van der Waals surface area (Å²) in [6.07, 6.45) is 5.61. The SMILES string of the molecule is CC(O)CN(C(=O)COC1CCCCC1)C(C)C. The maximum absolute atomic E-state index is 12.1. The first-order chi connectivity index (χ1) is 8.50. The zero-order chi connectivity index (χ0) is 13.5. The number of rotatable bonds is 6. The molecule has 1 rings (SSSR count). The van der Waals surface area contributed by atoms with Crippen molar-refractivity contribution in [1.82, 2.24) is 4.90 Å². The van der Waals surface area contributed by atoms with E-state index >= 15 is 0 Å². The number of aliphatic hydroxyl groups excluding tert-OH is 1. The molecule has 0 spiro atoms. The second-order valence-corrected chi connectivity index (χ2v) is 5.56. The van der Waals surface area contributed by atoms with E-state index in [1.165, 1.54) is 19.3 Å². The lowest BCUT2D eigenvalue weighted by atomic mass is 9.98. The van der Waals surface area contributed by atoms with Crippen molar-refractivity contribution in [3.8, 4) is 0 Å². The molecule has 0 aliphatic heterocycles. The van der Waals surface area contributed by atoms with Crippen LogP contribution >= 0.6 is 0 Å². The molecule has 1 unspecified atom stereocenters. The molecule has 0 aromatic rings. The summed E-state index contributed by atoms with van der Waals surface area (Å²) in [5, 5.41) is 9.40. The highest BCUT2D eigenvalue weighted by atomic mass is 16.5. The van der Waals surface area contributed by atoms with Gasteiger partial charge in [0.2, 0.25) is 5.91 Å². The lowest BCUT2D eigenvalue weighted by Crippen LogP contribution is -2.43. The molecule has 0 heterocycles. The zero-order valence-electron chi connectivity index (χ0n) is 11.9. The van der Waals surface area contributed by atoms with Crippen molar-refractivity contribution < 1.29 is 14.6 Å². The normalized spacial score (nSPS) is 18.9. The quantitative estimate of drug-likeness (QED) is 0.791. The highest BCUT2D eigenvalue weighted by Gasteiger charge is 2.21. The first-order valence-electron chi connectivity index (χ1n) is 7.10. The van der Waals surface area contributed by atoms with Gasteiger partial charge in [0.05, 0.1) is 12.2 Å². The third-order valence-corrected chi connectivity index (χ3v) is 3.40. The molecular formula is C14H27NO3.